The van der Waals surface area contributed by atoms with Gasteiger partial charge in [-0.3, -0.25) is 0 Å². The molecule has 0 saturated heterocycles. The predicted octanol–water partition coefficient (Wildman–Crippen LogP) is 3.64. The summed E-state index contributed by atoms with van der Waals surface area (Å²) >= 11 is 11.3. The van der Waals surface area contributed by atoms with Crippen molar-refractivity contribution < 1.29 is 5.11 Å². The van der Waals surface area contributed by atoms with E-state index in [1.807, 2.05) is 30.0 Å². The lowest BCUT2D eigenvalue weighted by atomic mass is 10.1. The summed E-state index contributed by atoms with van der Waals surface area (Å²) in [7, 11) is 0. The highest BCUT2D eigenvalue weighted by Crippen LogP contribution is 2.19. The maximum absolute atomic E-state index is 9.74. The van der Waals surface area contributed by atoms with Crippen molar-refractivity contribution in [2.45, 2.75) is 32.4 Å². The molecule has 84 valence electrons. The van der Waals surface area contributed by atoms with Crippen molar-refractivity contribution in [3.63, 3.8) is 0 Å². The van der Waals surface area contributed by atoms with Crippen molar-refractivity contribution in [2.24, 2.45) is 0 Å². The Morgan fingerprint density at radius 2 is 2.40 bits per heavy atom. The molecular formula is C11H15Cl2NO. The normalized spacial score (nSPS) is 14.3. The number of rotatable bonds is 5. The van der Waals surface area contributed by atoms with E-state index in [1.165, 1.54) is 5.54 Å². The van der Waals surface area contributed by atoms with Crippen molar-refractivity contribution >= 4 is 23.2 Å². The molecular weight excluding hydrogens is 233 g/mol. The average molecular weight is 248 g/mol. The van der Waals surface area contributed by atoms with Gasteiger partial charge in [0.05, 0.1) is 12.6 Å². The lowest BCUT2D eigenvalue weighted by Gasteiger charge is -2.06. The van der Waals surface area contributed by atoms with Crippen LogP contribution in [0.2, 0.25) is 0 Å². The van der Waals surface area contributed by atoms with Gasteiger partial charge in [-0.15, -0.1) is 0 Å². The van der Waals surface area contributed by atoms with E-state index in [-0.39, 0.29) is 6.10 Å². The summed E-state index contributed by atoms with van der Waals surface area (Å²) < 4.78 is 1.90. The Labute approximate surface area is 100 Å². The fourth-order valence-electron chi connectivity index (χ4n) is 1.40. The maximum atomic E-state index is 9.74. The Kier molecular flexibility index (Phi) is 5.23. The highest BCUT2D eigenvalue weighted by Gasteiger charge is 2.07. The van der Waals surface area contributed by atoms with Crippen LogP contribution in [-0.4, -0.2) is 9.67 Å². The molecule has 1 unspecified atom stereocenters. The van der Waals surface area contributed by atoms with Crippen LogP contribution in [-0.2, 0) is 6.54 Å². The molecule has 2 nitrogen and oxygen atoms in total. The number of aliphatic hydroxyl groups excluding tert-OH is 1. The van der Waals surface area contributed by atoms with E-state index in [0.29, 0.717) is 11.6 Å². The number of aromatic nitrogens is 1. The fourth-order valence-corrected chi connectivity index (χ4v) is 1.61. The molecule has 0 aliphatic rings. The van der Waals surface area contributed by atoms with Gasteiger partial charge in [0.25, 0.3) is 0 Å². The molecule has 0 aliphatic heterocycles. The number of halogens is 2. The third kappa shape index (κ3) is 3.90. The van der Waals surface area contributed by atoms with Crippen LogP contribution in [0.25, 0.3) is 0 Å². The highest BCUT2D eigenvalue weighted by molar-refractivity contribution is 6.36. The minimum absolute atomic E-state index is 0.380. The van der Waals surface area contributed by atoms with Crippen molar-refractivity contribution in [1.82, 2.24) is 4.57 Å². The molecule has 0 fully saturated rings. The van der Waals surface area contributed by atoms with E-state index >= 15 is 0 Å². The Hall–Kier alpha value is -0.440. The van der Waals surface area contributed by atoms with E-state index in [0.717, 1.165) is 18.4 Å². The zero-order valence-electron chi connectivity index (χ0n) is 8.66. The quantitative estimate of drug-likeness (QED) is 0.845. The molecule has 0 amide bonds. The van der Waals surface area contributed by atoms with Crippen LogP contribution in [0.4, 0.5) is 0 Å². The smallest absolute Gasteiger partial charge is 0.0804 e. The summed E-state index contributed by atoms with van der Waals surface area (Å²) in [5.74, 6) is 0. The topological polar surface area (TPSA) is 25.2 Å². The molecule has 1 aromatic heterocycles. The number of hydrogen-bond acceptors (Lipinski definition) is 1. The van der Waals surface area contributed by atoms with Gasteiger partial charge in [0.15, 0.2) is 0 Å². The van der Waals surface area contributed by atoms with Crippen LogP contribution in [0.15, 0.2) is 29.0 Å². The van der Waals surface area contributed by atoms with Crippen molar-refractivity contribution in [3.8, 4) is 0 Å². The molecule has 1 N–H and O–H groups in total. The van der Waals surface area contributed by atoms with E-state index < -0.39 is 0 Å². The Morgan fingerprint density at radius 3 is 3.00 bits per heavy atom. The zero-order valence-corrected chi connectivity index (χ0v) is 10.2. The Morgan fingerprint density at radius 1 is 1.67 bits per heavy atom. The van der Waals surface area contributed by atoms with Crippen molar-refractivity contribution in [2.75, 3.05) is 0 Å². The molecule has 1 aromatic rings. The van der Waals surface area contributed by atoms with Crippen molar-refractivity contribution in [1.29, 1.82) is 0 Å². The van der Waals surface area contributed by atoms with Gasteiger partial charge in [-0.05, 0) is 18.1 Å². The van der Waals surface area contributed by atoms with Gasteiger partial charge in [-0.2, -0.15) is 0 Å². The van der Waals surface area contributed by atoms with E-state index in [9.17, 15) is 5.11 Å². The molecule has 0 saturated carbocycles. The number of aliphatic hydroxyl groups is 1. The van der Waals surface area contributed by atoms with E-state index in [1.54, 1.807) is 0 Å². The molecule has 0 spiro atoms. The fraction of sp³-hybridized carbons (Fsp3) is 0.455. The first-order chi connectivity index (χ1) is 7.17. The summed E-state index contributed by atoms with van der Waals surface area (Å²) in [4.78, 5) is 0. The van der Waals surface area contributed by atoms with Crippen LogP contribution in [0.3, 0.4) is 0 Å². The lowest BCUT2D eigenvalue weighted by molar-refractivity contribution is 0.166. The van der Waals surface area contributed by atoms with Gasteiger partial charge in [0.1, 0.15) is 0 Å². The Bertz CT molecular complexity index is 333. The number of allylic oxidation sites excluding steroid dienone is 1. The largest absolute Gasteiger partial charge is 0.388 e. The first-order valence-electron chi connectivity index (χ1n) is 4.95. The number of hydrogen-bond donors (Lipinski definition) is 1. The average Bonchev–Trinajstić information content (AvgIpc) is 2.66. The SMILES string of the molecule is CCCC(O)c1ccn(CC(Cl)=CCl)c1. The first kappa shape index (κ1) is 12.6. The highest BCUT2D eigenvalue weighted by atomic mass is 35.5. The monoisotopic (exact) mass is 247 g/mol. The minimum Gasteiger partial charge on any atom is -0.388 e. The molecule has 1 heterocycles. The van der Waals surface area contributed by atoms with Gasteiger partial charge < -0.3 is 9.67 Å². The van der Waals surface area contributed by atoms with Gasteiger partial charge in [-0.1, -0.05) is 36.5 Å². The zero-order chi connectivity index (χ0) is 11.3. The maximum Gasteiger partial charge on any atom is 0.0804 e. The van der Waals surface area contributed by atoms with Gasteiger partial charge in [0.2, 0.25) is 0 Å². The van der Waals surface area contributed by atoms with Gasteiger partial charge in [-0.25, -0.2) is 0 Å². The minimum atomic E-state index is -0.380. The second-order valence-electron chi connectivity index (χ2n) is 3.48. The van der Waals surface area contributed by atoms with Gasteiger partial charge >= 0.3 is 0 Å². The molecule has 15 heavy (non-hydrogen) atoms. The first-order valence-corrected chi connectivity index (χ1v) is 5.77. The molecule has 0 radical (unpaired) electrons. The molecule has 1 atom stereocenters. The molecule has 0 aliphatic carbocycles. The molecule has 0 bridgehead atoms. The van der Waals surface area contributed by atoms with Crippen LogP contribution < -0.4 is 0 Å². The lowest BCUT2D eigenvalue weighted by Crippen LogP contribution is -1.96. The second kappa shape index (κ2) is 6.21. The standard InChI is InChI=1S/C11H15Cl2NO/c1-2-3-11(15)9-4-5-14(7-9)8-10(13)6-12/h4-7,11,15H,2-3,8H2,1H3. The summed E-state index contributed by atoms with van der Waals surface area (Å²) in [5.41, 5.74) is 2.28. The van der Waals surface area contributed by atoms with Crippen LogP contribution >= 0.6 is 23.2 Å². The van der Waals surface area contributed by atoms with E-state index in [4.69, 9.17) is 23.2 Å². The summed E-state index contributed by atoms with van der Waals surface area (Å²) in [5, 5.41) is 10.3. The molecule has 0 aromatic carbocycles. The van der Waals surface area contributed by atoms with Crippen LogP contribution in [0, 0.1) is 0 Å². The summed E-state index contributed by atoms with van der Waals surface area (Å²) in [6.07, 6.45) is 5.15. The molecule has 1 rings (SSSR count). The van der Waals surface area contributed by atoms with Gasteiger partial charge in [0, 0.05) is 23.0 Å². The molecule has 4 heteroatoms. The number of nitrogens with zero attached hydrogens (tertiary/aromatic N) is 1. The van der Waals surface area contributed by atoms with Crippen LogP contribution in [0.5, 0.6) is 0 Å². The van der Waals surface area contributed by atoms with Crippen molar-refractivity contribution in [3.05, 3.63) is 34.6 Å². The van der Waals surface area contributed by atoms with Crippen LogP contribution in [0.1, 0.15) is 31.4 Å². The summed E-state index contributed by atoms with van der Waals surface area (Å²) in [6, 6.07) is 1.90. The predicted molar refractivity (Wildman–Crippen MR) is 64.1 cm³/mol. The third-order valence-corrected chi connectivity index (χ3v) is 2.78. The second-order valence-corrected chi connectivity index (χ2v) is 4.18. The Balaban J connectivity index is 2.63. The van der Waals surface area contributed by atoms with E-state index in [2.05, 4.69) is 0 Å². The third-order valence-electron chi connectivity index (χ3n) is 2.17. The summed E-state index contributed by atoms with van der Waals surface area (Å²) in [6.45, 7) is 2.59.